The molecule has 6 heteroatoms. The molecule has 0 fully saturated rings. The summed E-state index contributed by atoms with van der Waals surface area (Å²) in [6, 6.07) is 17.8. The zero-order valence-electron chi connectivity index (χ0n) is 17.4. The molecule has 1 aromatic heterocycles. The Balaban J connectivity index is 1.75. The molecule has 0 aliphatic rings. The van der Waals surface area contributed by atoms with Crippen molar-refractivity contribution in [3.63, 3.8) is 0 Å². The number of aliphatic hydroxyl groups is 1. The van der Waals surface area contributed by atoms with Crippen molar-refractivity contribution in [2.24, 2.45) is 0 Å². The lowest BCUT2D eigenvalue weighted by Crippen LogP contribution is -2.31. The van der Waals surface area contributed by atoms with Crippen LogP contribution in [-0.2, 0) is 16.0 Å². The van der Waals surface area contributed by atoms with Crippen molar-refractivity contribution in [3.8, 4) is 0 Å². The molecule has 4 nitrogen and oxygen atoms in total. The normalized spacial score (nSPS) is 12.7. The first-order valence-corrected chi connectivity index (χ1v) is 11.7. The number of hydrogen-bond donors (Lipinski definition) is 1. The van der Waals surface area contributed by atoms with Gasteiger partial charge >= 0.3 is 5.97 Å². The predicted octanol–water partition coefficient (Wildman–Crippen LogP) is 6.10. The van der Waals surface area contributed by atoms with Crippen LogP contribution in [0.3, 0.4) is 0 Å². The molecule has 0 saturated heterocycles. The summed E-state index contributed by atoms with van der Waals surface area (Å²) in [6.07, 6.45) is -0.556. The van der Waals surface area contributed by atoms with Crippen molar-refractivity contribution < 1.29 is 14.6 Å². The van der Waals surface area contributed by atoms with Crippen LogP contribution < -0.4 is 0 Å². The van der Waals surface area contributed by atoms with E-state index in [2.05, 4.69) is 20.9 Å². The van der Waals surface area contributed by atoms with Crippen molar-refractivity contribution in [1.29, 1.82) is 0 Å². The third kappa shape index (κ3) is 6.06. The van der Waals surface area contributed by atoms with Crippen molar-refractivity contribution in [3.05, 3.63) is 70.3 Å². The molecule has 0 spiro atoms. The van der Waals surface area contributed by atoms with Crippen LogP contribution in [-0.4, -0.2) is 27.4 Å². The number of carbonyl (C=O) groups is 1. The summed E-state index contributed by atoms with van der Waals surface area (Å²) >= 11 is 5.07. The molecule has 0 radical (unpaired) electrons. The van der Waals surface area contributed by atoms with E-state index in [9.17, 15) is 9.90 Å². The molecule has 0 aliphatic carbocycles. The number of nitrogens with zero attached hydrogens (tertiary/aromatic N) is 1. The highest BCUT2D eigenvalue weighted by Crippen LogP contribution is 2.32. The topological polar surface area (TPSA) is 59.4 Å². The number of benzene rings is 2. The number of carbonyl (C=O) groups excluding carboxylic acids is 1. The average molecular weight is 488 g/mol. The monoisotopic (exact) mass is 487 g/mol. The van der Waals surface area contributed by atoms with Gasteiger partial charge in [0, 0.05) is 21.2 Å². The second-order valence-corrected chi connectivity index (χ2v) is 9.98. The van der Waals surface area contributed by atoms with E-state index in [0.717, 1.165) is 31.6 Å². The van der Waals surface area contributed by atoms with Crippen LogP contribution in [0, 0.1) is 0 Å². The number of hydrogen-bond acceptors (Lipinski definition) is 5. The Labute approximate surface area is 190 Å². The zero-order chi connectivity index (χ0) is 21.7. The van der Waals surface area contributed by atoms with E-state index in [-0.39, 0.29) is 6.42 Å². The number of ether oxygens (including phenoxy) is 1. The van der Waals surface area contributed by atoms with Crippen molar-refractivity contribution in [1.82, 2.24) is 4.98 Å². The highest BCUT2D eigenvalue weighted by molar-refractivity contribution is 9.10. The van der Waals surface area contributed by atoms with Crippen LogP contribution >= 0.6 is 27.7 Å². The van der Waals surface area contributed by atoms with Gasteiger partial charge < -0.3 is 9.84 Å². The Morgan fingerprint density at radius 2 is 1.93 bits per heavy atom. The summed E-state index contributed by atoms with van der Waals surface area (Å²) in [5, 5.41) is 11.8. The number of pyridine rings is 1. The van der Waals surface area contributed by atoms with Gasteiger partial charge in [0.25, 0.3) is 0 Å². The molecule has 1 heterocycles. The van der Waals surface area contributed by atoms with Crippen molar-refractivity contribution in [2.45, 2.75) is 50.2 Å². The minimum Gasteiger partial charge on any atom is -0.459 e. The zero-order valence-corrected chi connectivity index (χ0v) is 19.8. The molecule has 1 N–H and O–H groups in total. The SMILES string of the molecule is CCSc1cc2ccc(Br)cc2nc1C(O)CC(=O)OC(C)(C)Cc1ccccc1. The van der Waals surface area contributed by atoms with Gasteiger partial charge in [-0.1, -0.05) is 59.3 Å². The minimum atomic E-state index is -1.03. The molecule has 30 heavy (non-hydrogen) atoms. The Kier molecular flexibility index (Phi) is 7.55. The number of aromatic nitrogens is 1. The summed E-state index contributed by atoms with van der Waals surface area (Å²) < 4.78 is 6.62. The van der Waals surface area contributed by atoms with Crippen LogP contribution in [0.4, 0.5) is 0 Å². The maximum atomic E-state index is 12.6. The lowest BCUT2D eigenvalue weighted by atomic mass is 9.98. The van der Waals surface area contributed by atoms with Gasteiger partial charge in [-0.2, -0.15) is 0 Å². The van der Waals surface area contributed by atoms with Crippen LogP contribution in [0.15, 0.2) is 64.0 Å². The summed E-state index contributed by atoms with van der Waals surface area (Å²) in [6.45, 7) is 5.82. The third-order valence-corrected chi connectivity index (χ3v) is 6.03. The maximum absolute atomic E-state index is 12.6. The Bertz CT molecular complexity index is 1020. The van der Waals surface area contributed by atoms with E-state index < -0.39 is 17.7 Å². The molecule has 3 rings (SSSR count). The lowest BCUT2D eigenvalue weighted by molar-refractivity contribution is -0.158. The van der Waals surface area contributed by atoms with Crippen molar-refractivity contribution in [2.75, 3.05) is 5.75 Å². The Morgan fingerprint density at radius 3 is 2.63 bits per heavy atom. The molecule has 0 saturated carbocycles. The average Bonchev–Trinajstić information content (AvgIpc) is 2.67. The fourth-order valence-electron chi connectivity index (χ4n) is 3.37. The first-order chi connectivity index (χ1) is 14.3. The number of fused-ring (bicyclic) bond motifs is 1. The fraction of sp³-hybridized carbons (Fsp3) is 0.333. The van der Waals surface area contributed by atoms with Gasteiger partial charge in [-0.25, -0.2) is 4.98 Å². The van der Waals surface area contributed by atoms with Crippen LogP contribution in [0.1, 0.15) is 44.6 Å². The summed E-state index contributed by atoms with van der Waals surface area (Å²) in [4.78, 5) is 18.1. The van der Waals surface area contributed by atoms with Crippen molar-refractivity contribution >= 4 is 44.6 Å². The molecule has 1 unspecified atom stereocenters. The van der Waals surface area contributed by atoms with E-state index in [1.54, 1.807) is 11.8 Å². The third-order valence-electron chi connectivity index (χ3n) is 4.61. The van der Waals surface area contributed by atoms with Gasteiger partial charge in [-0.05, 0) is 43.4 Å². The number of rotatable bonds is 8. The number of aliphatic hydroxyl groups excluding tert-OH is 1. The molecule has 1 atom stereocenters. The van der Waals surface area contributed by atoms with Gasteiger partial charge in [0.15, 0.2) is 0 Å². The lowest BCUT2D eigenvalue weighted by Gasteiger charge is -2.26. The van der Waals surface area contributed by atoms with E-state index in [4.69, 9.17) is 4.74 Å². The highest BCUT2D eigenvalue weighted by Gasteiger charge is 2.26. The van der Waals surface area contributed by atoms with Crippen LogP contribution in [0.2, 0.25) is 0 Å². The second-order valence-electron chi connectivity index (χ2n) is 7.76. The van der Waals surface area contributed by atoms with E-state index in [0.29, 0.717) is 12.1 Å². The largest absolute Gasteiger partial charge is 0.459 e. The fourth-order valence-corrected chi connectivity index (χ4v) is 4.57. The summed E-state index contributed by atoms with van der Waals surface area (Å²) in [5.41, 5.74) is 1.72. The Morgan fingerprint density at radius 1 is 1.20 bits per heavy atom. The van der Waals surface area contributed by atoms with E-state index in [1.807, 2.05) is 75.4 Å². The van der Waals surface area contributed by atoms with Crippen LogP contribution in [0.25, 0.3) is 10.9 Å². The first-order valence-electron chi connectivity index (χ1n) is 9.94. The predicted molar refractivity (Wildman–Crippen MR) is 126 cm³/mol. The van der Waals surface area contributed by atoms with E-state index >= 15 is 0 Å². The first kappa shape index (κ1) is 22.8. The van der Waals surface area contributed by atoms with Gasteiger partial charge in [-0.15, -0.1) is 11.8 Å². The molecule has 0 amide bonds. The molecular weight excluding hydrogens is 462 g/mol. The van der Waals surface area contributed by atoms with Gasteiger partial charge in [-0.3, -0.25) is 4.79 Å². The second kappa shape index (κ2) is 9.94. The summed E-state index contributed by atoms with van der Waals surface area (Å²) in [7, 11) is 0. The number of thioether (sulfide) groups is 1. The number of halogens is 1. The highest BCUT2D eigenvalue weighted by atomic mass is 79.9. The van der Waals surface area contributed by atoms with Gasteiger partial charge in [0.2, 0.25) is 0 Å². The molecule has 3 aromatic rings. The standard InChI is InChI=1S/C24H26BrNO3S/c1-4-30-21-12-17-10-11-18(25)13-19(17)26-23(21)20(27)14-22(28)29-24(2,3)15-16-8-6-5-7-9-16/h5-13,20,27H,4,14-15H2,1-3H3. The van der Waals surface area contributed by atoms with Gasteiger partial charge in [0.1, 0.15) is 11.7 Å². The smallest absolute Gasteiger partial charge is 0.309 e. The van der Waals surface area contributed by atoms with Gasteiger partial charge in [0.05, 0.1) is 17.6 Å². The molecular formula is C24H26BrNO3S. The molecule has 0 aliphatic heterocycles. The molecule has 2 aromatic carbocycles. The molecule has 0 bridgehead atoms. The number of esters is 1. The Hall–Kier alpha value is -1.89. The molecule has 158 valence electrons. The minimum absolute atomic E-state index is 0.137. The van der Waals surface area contributed by atoms with E-state index in [1.165, 1.54) is 0 Å². The quantitative estimate of drug-likeness (QED) is 0.307. The van der Waals surface area contributed by atoms with Crippen LogP contribution in [0.5, 0.6) is 0 Å². The maximum Gasteiger partial charge on any atom is 0.309 e. The summed E-state index contributed by atoms with van der Waals surface area (Å²) in [5.74, 6) is 0.407.